The fourth-order valence-electron chi connectivity index (χ4n) is 2.99. The van der Waals surface area contributed by atoms with Crippen LogP contribution >= 0.6 is 11.6 Å². The van der Waals surface area contributed by atoms with E-state index in [1.807, 2.05) is 12.1 Å². The summed E-state index contributed by atoms with van der Waals surface area (Å²) in [5.74, 6) is 1.39. The Bertz CT molecular complexity index is 759. The van der Waals surface area contributed by atoms with E-state index < -0.39 is 4.92 Å². The Morgan fingerprint density at radius 3 is 2.77 bits per heavy atom. The molecule has 1 atom stereocenters. The van der Waals surface area contributed by atoms with Crippen molar-refractivity contribution in [2.45, 2.75) is 19.5 Å². The van der Waals surface area contributed by atoms with Crippen LogP contribution in [0.25, 0.3) is 11.3 Å². The van der Waals surface area contributed by atoms with Gasteiger partial charge in [0.05, 0.1) is 29.7 Å². The molecular formula is C18H22ClN3O4. The molecule has 1 aliphatic heterocycles. The largest absolute Gasteiger partial charge is 0.460 e. The number of ether oxygens (including phenoxy) is 1. The molecule has 1 N–H and O–H groups in total. The number of hydrogen-bond acceptors (Lipinski definition) is 6. The molecule has 0 amide bonds. The molecular weight excluding hydrogens is 358 g/mol. The van der Waals surface area contributed by atoms with Gasteiger partial charge in [-0.1, -0.05) is 11.6 Å². The smallest absolute Gasteiger partial charge is 0.270 e. The predicted molar refractivity (Wildman–Crippen MR) is 99.4 cm³/mol. The molecule has 1 aliphatic rings. The van der Waals surface area contributed by atoms with Gasteiger partial charge in [-0.2, -0.15) is 0 Å². The number of halogens is 1. The lowest BCUT2D eigenvalue weighted by atomic mass is 10.1. The van der Waals surface area contributed by atoms with Crippen LogP contribution in [0.1, 0.15) is 12.7 Å². The number of nitrogens with zero attached hydrogens (tertiary/aromatic N) is 2. The molecule has 0 saturated carbocycles. The minimum atomic E-state index is -0.469. The molecule has 2 aromatic rings. The van der Waals surface area contributed by atoms with E-state index >= 15 is 0 Å². The van der Waals surface area contributed by atoms with E-state index in [2.05, 4.69) is 17.1 Å². The predicted octanol–water partition coefficient (Wildman–Crippen LogP) is 3.32. The SMILES string of the molecule is CC(CNCc1ccc(-c2ccc([N+](=O)[O-])cc2Cl)o1)N1CCOCC1. The monoisotopic (exact) mass is 379 g/mol. The minimum absolute atomic E-state index is 0.0377. The summed E-state index contributed by atoms with van der Waals surface area (Å²) in [6, 6.07) is 8.51. The second-order valence-corrected chi connectivity index (χ2v) is 6.72. The fourth-order valence-corrected chi connectivity index (χ4v) is 3.25. The van der Waals surface area contributed by atoms with Crippen LogP contribution in [0.4, 0.5) is 5.69 Å². The Morgan fingerprint density at radius 2 is 2.08 bits per heavy atom. The number of nitro groups is 1. The van der Waals surface area contributed by atoms with Gasteiger partial charge in [-0.3, -0.25) is 15.0 Å². The highest BCUT2D eigenvalue weighted by Gasteiger charge is 2.17. The normalized spacial score (nSPS) is 16.5. The highest BCUT2D eigenvalue weighted by molar-refractivity contribution is 6.33. The highest BCUT2D eigenvalue weighted by Crippen LogP contribution is 2.32. The molecule has 1 saturated heterocycles. The van der Waals surface area contributed by atoms with Crippen molar-refractivity contribution >= 4 is 17.3 Å². The second-order valence-electron chi connectivity index (χ2n) is 6.32. The van der Waals surface area contributed by atoms with Gasteiger partial charge in [0.15, 0.2) is 0 Å². The molecule has 140 valence electrons. The van der Waals surface area contributed by atoms with Crippen LogP contribution in [0.3, 0.4) is 0 Å². The number of furan rings is 1. The Kier molecular flexibility index (Phi) is 6.26. The molecule has 0 bridgehead atoms. The molecule has 1 fully saturated rings. The molecule has 1 aromatic heterocycles. The molecule has 0 spiro atoms. The van der Waals surface area contributed by atoms with Crippen LogP contribution in [0.15, 0.2) is 34.7 Å². The van der Waals surface area contributed by atoms with E-state index in [-0.39, 0.29) is 5.69 Å². The summed E-state index contributed by atoms with van der Waals surface area (Å²) < 4.78 is 11.2. The van der Waals surface area contributed by atoms with Gasteiger partial charge in [0.1, 0.15) is 11.5 Å². The number of non-ortho nitro benzene ring substituents is 1. The number of rotatable bonds is 7. The zero-order valence-electron chi connectivity index (χ0n) is 14.6. The highest BCUT2D eigenvalue weighted by atomic mass is 35.5. The molecule has 1 aromatic carbocycles. The van der Waals surface area contributed by atoms with Crippen molar-refractivity contribution in [2.75, 3.05) is 32.8 Å². The summed E-state index contributed by atoms with van der Waals surface area (Å²) in [5.41, 5.74) is 0.606. The molecule has 1 unspecified atom stereocenters. The average molecular weight is 380 g/mol. The molecule has 7 nitrogen and oxygen atoms in total. The Labute approximate surface area is 157 Å². The molecule has 2 heterocycles. The van der Waals surface area contributed by atoms with Crippen molar-refractivity contribution < 1.29 is 14.1 Å². The molecule has 26 heavy (non-hydrogen) atoms. The summed E-state index contributed by atoms with van der Waals surface area (Å²) in [7, 11) is 0. The van der Waals surface area contributed by atoms with Gasteiger partial charge >= 0.3 is 0 Å². The first-order valence-corrected chi connectivity index (χ1v) is 8.98. The minimum Gasteiger partial charge on any atom is -0.460 e. The Hall–Kier alpha value is -1.93. The standard InChI is InChI=1S/C18H22ClN3O4/c1-13(21-6-8-25-9-7-21)11-20-12-15-3-5-18(26-15)16-4-2-14(22(23)24)10-17(16)19/h2-5,10,13,20H,6-9,11-12H2,1H3. The number of hydrogen-bond donors (Lipinski definition) is 1. The van der Waals surface area contributed by atoms with Gasteiger partial charge < -0.3 is 14.5 Å². The van der Waals surface area contributed by atoms with Gasteiger partial charge in [0.2, 0.25) is 0 Å². The maximum Gasteiger partial charge on any atom is 0.270 e. The Morgan fingerprint density at radius 1 is 1.31 bits per heavy atom. The van der Waals surface area contributed by atoms with Crippen LogP contribution in [0, 0.1) is 10.1 Å². The van der Waals surface area contributed by atoms with Gasteiger partial charge in [-0.25, -0.2) is 0 Å². The van der Waals surface area contributed by atoms with Crippen molar-refractivity contribution in [2.24, 2.45) is 0 Å². The third-order valence-electron chi connectivity index (χ3n) is 4.50. The second kappa shape index (κ2) is 8.64. The third-order valence-corrected chi connectivity index (χ3v) is 4.81. The topological polar surface area (TPSA) is 80.8 Å². The van der Waals surface area contributed by atoms with Crippen molar-refractivity contribution in [1.82, 2.24) is 10.2 Å². The van der Waals surface area contributed by atoms with Gasteiger partial charge in [0.25, 0.3) is 5.69 Å². The Balaban J connectivity index is 1.55. The van der Waals surface area contributed by atoms with Crippen LogP contribution in [0.5, 0.6) is 0 Å². The van der Waals surface area contributed by atoms with Crippen molar-refractivity contribution in [3.05, 3.63) is 51.2 Å². The van der Waals surface area contributed by atoms with Gasteiger partial charge in [-0.05, 0) is 25.1 Å². The number of benzene rings is 1. The van der Waals surface area contributed by atoms with E-state index in [0.717, 1.165) is 38.6 Å². The summed E-state index contributed by atoms with van der Waals surface area (Å²) in [4.78, 5) is 12.7. The third kappa shape index (κ3) is 4.62. The lowest BCUT2D eigenvalue weighted by Crippen LogP contribution is -2.46. The van der Waals surface area contributed by atoms with Crippen molar-refractivity contribution in [3.63, 3.8) is 0 Å². The van der Waals surface area contributed by atoms with Gasteiger partial charge in [-0.15, -0.1) is 0 Å². The van der Waals surface area contributed by atoms with E-state index in [4.69, 9.17) is 20.8 Å². The molecule has 8 heteroatoms. The van der Waals surface area contributed by atoms with Gasteiger partial charge in [0, 0.05) is 43.4 Å². The number of nitro benzene ring substituents is 1. The first-order valence-electron chi connectivity index (χ1n) is 8.60. The van der Waals surface area contributed by atoms with E-state index in [9.17, 15) is 10.1 Å². The van der Waals surface area contributed by atoms with Crippen LogP contribution < -0.4 is 5.32 Å². The average Bonchev–Trinajstić information content (AvgIpc) is 3.10. The van der Waals surface area contributed by atoms with E-state index in [1.54, 1.807) is 6.07 Å². The first kappa shape index (κ1) is 18.8. The molecule has 0 radical (unpaired) electrons. The summed E-state index contributed by atoms with van der Waals surface area (Å²) in [6.07, 6.45) is 0. The van der Waals surface area contributed by atoms with E-state index in [1.165, 1.54) is 12.1 Å². The zero-order chi connectivity index (χ0) is 18.5. The number of nitrogens with one attached hydrogen (secondary N) is 1. The lowest BCUT2D eigenvalue weighted by Gasteiger charge is -2.32. The van der Waals surface area contributed by atoms with Crippen molar-refractivity contribution in [1.29, 1.82) is 0 Å². The van der Waals surface area contributed by atoms with Crippen molar-refractivity contribution in [3.8, 4) is 11.3 Å². The first-order chi connectivity index (χ1) is 12.5. The number of morpholine rings is 1. The molecule has 3 rings (SSSR count). The maximum atomic E-state index is 10.8. The van der Waals surface area contributed by atoms with E-state index in [0.29, 0.717) is 28.9 Å². The maximum absolute atomic E-state index is 10.8. The molecule has 0 aliphatic carbocycles. The zero-order valence-corrected chi connectivity index (χ0v) is 15.4. The van der Waals surface area contributed by atoms with Crippen LogP contribution in [-0.4, -0.2) is 48.7 Å². The summed E-state index contributed by atoms with van der Waals surface area (Å²) >= 11 is 6.15. The lowest BCUT2D eigenvalue weighted by molar-refractivity contribution is -0.384. The quantitative estimate of drug-likeness (QED) is 0.587. The van der Waals surface area contributed by atoms with Crippen LogP contribution in [-0.2, 0) is 11.3 Å². The fraction of sp³-hybridized carbons (Fsp3) is 0.444. The summed E-state index contributed by atoms with van der Waals surface area (Å²) in [6.45, 7) is 7.18. The summed E-state index contributed by atoms with van der Waals surface area (Å²) in [5, 5.41) is 14.5. The van der Waals surface area contributed by atoms with Crippen LogP contribution in [0.2, 0.25) is 5.02 Å².